The number of rotatable bonds is 2. The molecule has 2 rings (SSSR count). The Balaban J connectivity index is 2.21. The monoisotopic (exact) mass is 347 g/mol. The summed E-state index contributed by atoms with van der Waals surface area (Å²) in [5.74, 6) is -0.295. The van der Waals surface area contributed by atoms with Crippen molar-refractivity contribution in [2.24, 2.45) is 0 Å². The Morgan fingerprint density at radius 1 is 1.41 bits per heavy atom. The fourth-order valence-electron chi connectivity index (χ4n) is 1.81. The molecule has 1 aliphatic heterocycles. The second-order valence-corrected chi connectivity index (χ2v) is 4.92. The first kappa shape index (κ1) is 12.6. The smallest absolute Gasteiger partial charge is 0.337 e. The van der Waals surface area contributed by atoms with Gasteiger partial charge in [-0.25, -0.2) is 4.79 Å². The number of nitrogens with zero attached hydrogens (tertiary/aromatic N) is 1. The van der Waals surface area contributed by atoms with Crippen LogP contribution >= 0.6 is 22.6 Å². The second kappa shape index (κ2) is 5.68. The summed E-state index contributed by atoms with van der Waals surface area (Å²) >= 11 is 2.25. The maximum Gasteiger partial charge on any atom is 0.337 e. The van der Waals surface area contributed by atoms with Crippen LogP contribution in [0.15, 0.2) is 18.2 Å². The summed E-state index contributed by atoms with van der Waals surface area (Å²) in [4.78, 5) is 13.7. The summed E-state index contributed by atoms with van der Waals surface area (Å²) in [6.45, 7) is 3.31. The molecule has 0 spiro atoms. The van der Waals surface area contributed by atoms with E-state index in [4.69, 9.17) is 9.47 Å². The number of carbonyl (C=O) groups excluding carboxylic acids is 1. The van der Waals surface area contributed by atoms with Crippen molar-refractivity contribution in [2.75, 3.05) is 38.3 Å². The van der Waals surface area contributed by atoms with Crippen LogP contribution in [0.2, 0.25) is 0 Å². The number of esters is 1. The molecule has 1 saturated heterocycles. The molecule has 17 heavy (non-hydrogen) atoms. The molecule has 92 valence electrons. The van der Waals surface area contributed by atoms with E-state index >= 15 is 0 Å². The van der Waals surface area contributed by atoms with Crippen LogP contribution in [0.1, 0.15) is 10.4 Å². The molecular formula is C12H14INO3. The number of methoxy groups -OCH3 is 1. The van der Waals surface area contributed by atoms with Crippen LogP contribution in [0.3, 0.4) is 0 Å². The molecule has 1 aromatic rings. The summed E-state index contributed by atoms with van der Waals surface area (Å²) in [6.07, 6.45) is 0. The Kier molecular flexibility index (Phi) is 4.22. The summed E-state index contributed by atoms with van der Waals surface area (Å²) in [6, 6.07) is 5.63. The van der Waals surface area contributed by atoms with E-state index in [1.165, 1.54) is 7.11 Å². The molecule has 1 fully saturated rings. The average molecular weight is 347 g/mol. The third-order valence-electron chi connectivity index (χ3n) is 2.72. The third kappa shape index (κ3) is 2.90. The Morgan fingerprint density at radius 3 is 2.71 bits per heavy atom. The molecule has 0 unspecified atom stereocenters. The number of carbonyl (C=O) groups is 1. The highest BCUT2D eigenvalue weighted by Gasteiger charge is 2.15. The summed E-state index contributed by atoms with van der Waals surface area (Å²) in [5, 5.41) is 0. The molecule has 0 bridgehead atoms. The van der Waals surface area contributed by atoms with Gasteiger partial charge < -0.3 is 14.4 Å². The first-order valence-corrected chi connectivity index (χ1v) is 6.51. The molecular weight excluding hydrogens is 333 g/mol. The zero-order valence-electron chi connectivity index (χ0n) is 9.61. The highest BCUT2D eigenvalue weighted by atomic mass is 127. The standard InChI is InChI=1S/C12H14INO3/c1-16-12(15)9-2-3-11(10(13)8-9)14-4-6-17-7-5-14/h2-3,8H,4-7H2,1H3. The molecule has 1 aliphatic rings. The lowest BCUT2D eigenvalue weighted by atomic mass is 10.2. The minimum Gasteiger partial charge on any atom is -0.465 e. The van der Waals surface area contributed by atoms with Crippen LogP contribution in [0.5, 0.6) is 0 Å². The van der Waals surface area contributed by atoms with E-state index in [1.54, 1.807) is 6.07 Å². The van der Waals surface area contributed by atoms with Crippen LogP contribution in [-0.4, -0.2) is 39.4 Å². The number of morpholine rings is 1. The SMILES string of the molecule is COC(=O)c1ccc(N2CCOCC2)c(I)c1. The van der Waals surface area contributed by atoms with Gasteiger partial charge in [0.15, 0.2) is 0 Å². The zero-order chi connectivity index (χ0) is 12.3. The molecule has 0 aromatic heterocycles. The van der Waals surface area contributed by atoms with Gasteiger partial charge in [0, 0.05) is 16.7 Å². The van der Waals surface area contributed by atoms with Crippen LogP contribution in [0.4, 0.5) is 5.69 Å². The fourth-order valence-corrected chi connectivity index (χ4v) is 2.67. The van der Waals surface area contributed by atoms with Crippen LogP contribution in [-0.2, 0) is 9.47 Å². The Morgan fingerprint density at radius 2 is 2.12 bits per heavy atom. The lowest BCUT2D eigenvalue weighted by molar-refractivity contribution is 0.0600. The molecule has 0 radical (unpaired) electrons. The van der Waals surface area contributed by atoms with Crippen LogP contribution in [0.25, 0.3) is 0 Å². The summed E-state index contributed by atoms with van der Waals surface area (Å²) in [7, 11) is 1.39. The molecule has 5 heteroatoms. The van der Waals surface area contributed by atoms with Gasteiger partial charge in [-0.1, -0.05) is 0 Å². The Bertz CT molecular complexity index is 416. The summed E-state index contributed by atoms with van der Waals surface area (Å²) < 4.78 is 11.1. The first-order chi connectivity index (χ1) is 8.22. The maximum absolute atomic E-state index is 11.4. The van der Waals surface area contributed by atoms with E-state index in [9.17, 15) is 4.79 Å². The van der Waals surface area contributed by atoms with Gasteiger partial charge in [0.1, 0.15) is 0 Å². The molecule has 0 saturated carbocycles. The number of hydrogen-bond donors (Lipinski definition) is 0. The predicted molar refractivity (Wildman–Crippen MR) is 73.5 cm³/mol. The Hall–Kier alpha value is -0.820. The van der Waals surface area contributed by atoms with Gasteiger partial charge in [-0.3, -0.25) is 0 Å². The number of hydrogen-bond acceptors (Lipinski definition) is 4. The van der Waals surface area contributed by atoms with E-state index in [2.05, 4.69) is 27.5 Å². The van der Waals surface area contributed by atoms with Crippen molar-refractivity contribution in [3.05, 3.63) is 27.3 Å². The lowest BCUT2D eigenvalue weighted by Crippen LogP contribution is -2.36. The van der Waals surface area contributed by atoms with Crippen molar-refractivity contribution >= 4 is 34.2 Å². The van der Waals surface area contributed by atoms with Gasteiger partial charge in [-0.15, -0.1) is 0 Å². The normalized spacial score (nSPS) is 15.8. The lowest BCUT2D eigenvalue weighted by Gasteiger charge is -2.29. The van der Waals surface area contributed by atoms with Crippen molar-refractivity contribution in [1.29, 1.82) is 0 Å². The van der Waals surface area contributed by atoms with Gasteiger partial charge >= 0.3 is 5.97 Å². The van der Waals surface area contributed by atoms with Crippen LogP contribution < -0.4 is 4.90 Å². The van der Waals surface area contributed by atoms with Crippen molar-refractivity contribution in [3.8, 4) is 0 Å². The van der Waals surface area contributed by atoms with E-state index in [0.29, 0.717) is 5.56 Å². The first-order valence-electron chi connectivity index (χ1n) is 5.43. The van der Waals surface area contributed by atoms with E-state index in [-0.39, 0.29) is 5.97 Å². The molecule has 1 aromatic carbocycles. The fraction of sp³-hybridized carbons (Fsp3) is 0.417. The zero-order valence-corrected chi connectivity index (χ0v) is 11.8. The second-order valence-electron chi connectivity index (χ2n) is 3.76. The van der Waals surface area contributed by atoms with Crippen molar-refractivity contribution in [3.63, 3.8) is 0 Å². The molecule has 1 heterocycles. The molecule has 0 aliphatic carbocycles. The van der Waals surface area contributed by atoms with E-state index < -0.39 is 0 Å². The van der Waals surface area contributed by atoms with E-state index in [1.807, 2.05) is 12.1 Å². The molecule has 0 N–H and O–H groups in total. The highest BCUT2D eigenvalue weighted by molar-refractivity contribution is 14.1. The van der Waals surface area contributed by atoms with E-state index in [0.717, 1.165) is 35.6 Å². The van der Waals surface area contributed by atoms with Crippen molar-refractivity contribution < 1.29 is 14.3 Å². The van der Waals surface area contributed by atoms with Gasteiger partial charge in [-0.05, 0) is 40.8 Å². The predicted octanol–water partition coefficient (Wildman–Crippen LogP) is 1.91. The minimum atomic E-state index is -0.295. The van der Waals surface area contributed by atoms with Gasteiger partial charge in [-0.2, -0.15) is 0 Å². The molecule has 4 nitrogen and oxygen atoms in total. The number of benzene rings is 1. The molecule has 0 atom stereocenters. The largest absolute Gasteiger partial charge is 0.465 e. The molecule has 0 amide bonds. The third-order valence-corrected chi connectivity index (χ3v) is 3.58. The summed E-state index contributed by atoms with van der Waals surface area (Å²) in [5.41, 5.74) is 1.75. The maximum atomic E-state index is 11.4. The number of anilines is 1. The van der Waals surface area contributed by atoms with Crippen molar-refractivity contribution in [1.82, 2.24) is 0 Å². The van der Waals surface area contributed by atoms with Crippen molar-refractivity contribution in [2.45, 2.75) is 0 Å². The Labute approximate surface area is 114 Å². The minimum absolute atomic E-state index is 0.295. The number of halogens is 1. The van der Waals surface area contributed by atoms with Gasteiger partial charge in [0.05, 0.1) is 31.6 Å². The van der Waals surface area contributed by atoms with Gasteiger partial charge in [0.25, 0.3) is 0 Å². The average Bonchev–Trinajstić information content (AvgIpc) is 2.38. The number of ether oxygens (including phenoxy) is 2. The topological polar surface area (TPSA) is 38.8 Å². The van der Waals surface area contributed by atoms with Gasteiger partial charge in [0.2, 0.25) is 0 Å². The van der Waals surface area contributed by atoms with Crippen LogP contribution in [0, 0.1) is 3.57 Å². The quantitative estimate of drug-likeness (QED) is 0.605. The highest BCUT2D eigenvalue weighted by Crippen LogP contribution is 2.24.